The summed E-state index contributed by atoms with van der Waals surface area (Å²) in [5.74, 6) is 0.928. The van der Waals surface area contributed by atoms with Crippen molar-refractivity contribution in [3.8, 4) is 22.5 Å². The molecule has 2 fully saturated rings. The van der Waals surface area contributed by atoms with Crippen LogP contribution in [0.25, 0.3) is 33.4 Å². The van der Waals surface area contributed by atoms with Crippen molar-refractivity contribution >= 4 is 22.6 Å². The van der Waals surface area contributed by atoms with Crippen molar-refractivity contribution in [1.29, 1.82) is 0 Å². The molecule has 0 bridgehead atoms. The first kappa shape index (κ1) is 31.3. The van der Waals surface area contributed by atoms with Gasteiger partial charge in [0.05, 0.1) is 18.2 Å². The van der Waals surface area contributed by atoms with E-state index in [1.54, 1.807) is 12.1 Å². The number of hydrogen-bond acceptors (Lipinski definition) is 5. The van der Waals surface area contributed by atoms with E-state index in [4.69, 9.17) is 4.42 Å². The van der Waals surface area contributed by atoms with Crippen LogP contribution in [0, 0.1) is 11.8 Å². The van der Waals surface area contributed by atoms with Crippen LogP contribution >= 0.6 is 0 Å². The van der Waals surface area contributed by atoms with Gasteiger partial charge in [-0.15, -0.1) is 0 Å². The van der Waals surface area contributed by atoms with Crippen molar-refractivity contribution < 1.29 is 24.5 Å². The smallest absolute Gasteiger partial charge is 0.336 e. The number of carbonyl (C=O) groups is 1. The predicted octanol–water partition coefficient (Wildman–Crippen LogP) is 6.63. The minimum Gasteiger partial charge on any atom is -0.478 e. The molecule has 7 heteroatoms. The van der Waals surface area contributed by atoms with Crippen molar-refractivity contribution in [1.82, 2.24) is 4.58 Å². The monoisotopic (exact) mass is 611 g/mol. The van der Waals surface area contributed by atoms with E-state index < -0.39 is 5.97 Å². The molecule has 6 rings (SSSR count). The van der Waals surface area contributed by atoms with Gasteiger partial charge in [-0.05, 0) is 61.4 Å². The van der Waals surface area contributed by atoms with Crippen molar-refractivity contribution in [3.05, 3.63) is 71.6 Å². The maximum absolute atomic E-state index is 12.4. The van der Waals surface area contributed by atoms with Crippen LogP contribution in [0.5, 0.6) is 0 Å². The summed E-state index contributed by atoms with van der Waals surface area (Å²) in [4.78, 5) is 14.7. The summed E-state index contributed by atoms with van der Waals surface area (Å²) < 4.78 is 8.97. The van der Waals surface area contributed by atoms with Crippen LogP contribution < -0.4 is 14.8 Å². The van der Waals surface area contributed by atoms with Crippen molar-refractivity contribution in [2.24, 2.45) is 11.8 Å². The Kier molecular flexibility index (Phi) is 10.2. The molecule has 2 aromatic rings. The Morgan fingerprint density at radius 3 is 2.27 bits per heavy atom. The second kappa shape index (κ2) is 14.6. The highest BCUT2D eigenvalue weighted by Gasteiger charge is 2.25. The lowest BCUT2D eigenvalue weighted by Crippen LogP contribution is -2.37. The zero-order chi connectivity index (χ0) is 31.2. The van der Waals surface area contributed by atoms with Gasteiger partial charge < -0.3 is 24.6 Å². The topological polar surface area (TPSA) is 97.1 Å². The minimum absolute atomic E-state index is 0.0713. The van der Waals surface area contributed by atoms with Crippen LogP contribution in [0.15, 0.2) is 65.1 Å². The first-order chi connectivity index (χ1) is 22.1. The number of anilines is 1. The van der Waals surface area contributed by atoms with Gasteiger partial charge in [0.2, 0.25) is 5.36 Å². The van der Waals surface area contributed by atoms with Gasteiger partial charge in [0.1, 0.15) is 24.5 Å². The quantitative estimate of drug-likeness (QED) is 0.130. The normalized spacial score (nSPS) is 17.1. The fraction of sp³-hybridized carbons (Fsp3) is 0.474. The van der Waals surface area contributed by atoms with Gasteiger partial charge in [0.15, 0.2) is 6.54 Å². The highest BCUT2D eigenvalue weighted by molar-refractivity contribution is 6.07. The summed E-state index contributed by atoms with van der Waals surface area (Å²) in [6.07, 6.45) is 12.5. The molecule has 3 aliphatic carbocycles. The van der Waals surface area contributed by atoms with Crippen molar-refractivity contribution in [2.75, 3.05) is 44.3 Å². The Bertz CT molecular complexity index is 1650. The number of hydrogen-bond donors (Lipinski definition) is 3. The molecule has 2 aromatic carbocycles. The number of carboxylic acids is 1. The average Bonchev–Trinajstić information content (AvgIpc) is 3.07. The second-order valence-corrected chi connectivity index (χ2v) is 13.0. The third-order valence-electron chi connectivity index (χ3n) is 9.99. The van der Waals surface area contributed by atoms with Crippen LogP contribution in [0.1, 0.15) is 74.6 Å². The molecule has 0 radical (unpaired) electrons. The van der Waals surface area contributed by atoms with Gasteiger partial charge in [-0.25, -0.2) is 9.37 Å². The summed E-state index contributed by atoms with van der Waals surface area (Å²) in [6, 6.07) is 19.5. The molecular weight excluding hydrogens is 564 g/mol. The van der Waals surface area contributed by atoms with Crippen LogP contribution in [-0.4, -0.2) is 60.7 Å². The summed E-state index contributed by atoms with van der Waals surface area (Å²) in [6.45, 7) is 3.03. The van der Waals surface area contributed by atoms with E-state index >= 15 is 0 Å². The van der Waals surface area contributed by atoms with E-state index in [1.807, 2.05) is 24.3 Å². The molecule has 1 aliphatic heterocycles. The van der Waals surface area contributed by atoms with Gasteiger partial charge in [0.25, 0.3) is 0 Å². The van der Waals surface area contributed by atoms with E-state index in [1.165, 1.54) is 64.2 Å². The molecule has 4 aliphatic rings. The largest absolute Gasteiger partial charge is 0.478 e. The van der Waals surface area contributed by atoms with Gasteiger partial charge in [-0.2, -0.15) is 0 Å². The molecule has 238 valence electrons. The zero-order valence-corrected chi connectivity index (χ0v) is 26.3. The first-order valence-electron chi connectivity index (χ1n) is 16.9. The lowest BCUT2D eigenvalue weighted by molar-refractivity contribution is 0.0697. The van der Waals surface area contributed by atoms with E-state index in [-0.39, 0.29) is 18.8 Å². The number of aromatic carboxylic acids is 1. The van der Waals surface area contributed by atoms with Crippen molar-refractivity contribution in [3.63, 3.8) is 0 Å². The molecule has 3 N–H and O–H groups in total. The Morgan fingerprint density at radius 2 is 1.56 bits per heavy atom. The van der Waals surface area contributed by atoms with Crippen LogP contribution in [0.3, 0.4) is 0 Å². The number of carboxylic acid groups (broad SMARTS) is 1. The summed E-state index contributed by atoms with van der Waals surface area (Å²) in [7, 11) is 0. The molecule has 7 nitrogen and oxygen atoms in total. The third-order valence-corrected chi connectivity index (χ3v) is 9.99. The number of rotatable bonds is 11. The van der Waals surface area contributed by atoms with E-state index in [0.29, 0.717) is 41.8 Å². The number of aliphatic hydroxyl groups excluding tert-OH is 2. The molecule has 45 heavy (non-hydrogen) atoms. The Balaban J connectivity index is 1.52. The van der Waals surface area contributed by atoms with Crippen LogP contribution in [0.2, 0.25) is 0 Å². The minimum atomic E-state index is -0.968. The third kappa shape index (κ3) is 7.10. The molecule has 0 aromatic heterocycles. The Hall–Kier alpha value is -3.68. The Labute approximate surface area is 265 Å². The maximum atomic E-state index is 12.4. The molecule has 0 saturated heterocycles. The Morgan fingerprint density at radius 1 is 0.822 bits per heavy atom. The van der Waals surface area contributed by atoms with Gasteiger partial charge in [-0.1, -0.05) is 56.7 Å². The lowest BCUT2D eigenvalue weighted by Gasteiger charge is -2.31. The summed E-state index contributed by atoms with van der Waals surface area (Å²) in [5.41, 5.74) is 4.27. The summed E-state index contributed by atoms with van der Waals surface area (Å²) in [5, 5.41) is 31.9. The average molecular weight is 612 g/mol. The standard InChI is InChI=1S/C38H46N2O5/c41-21-19-39(25-27-9-3-1-4-10-27)29-15-17-33-35(23-29)45-36-24-30(40(20-22-42)26-28-11-5-2-6-12-28)16-18-34(36)37(33)31-13-7-8-14-32(31)38(43)44/h7-8,13-18,23-24,27-28,41-42H,1-6,9-12,19-22,25-26H2/p+1. The van der Waals surface area contributed by atoms with Gasteiger partial charge in [-0.3, -0.25) is 0 Å². The van der Waals surface area contributed by atoms with E-state index in [9.17, 15) is 20.1 Å². The van der Waals surface area contributed by atoms with Crippen LogP contribution in [-0.2, 0) is 0 Å². The number of nitrogens with zero attached hydrogens (tertiary/aromatic N) is 2. The van der Waals surface area contributed by atoms with E-state index in [2.05, 4.69) is 33.7 Å². The first-order valence-corrected chi connectivity index (χ1v) is 16.9. The second-order valence-electron chi connectivity index (χ2n) is 13.0. The SMILES string of the molecule is O=C(O)c1ccccc1-c1c2ccc(=[N+](CCO)CC3CCCCC3)cc-2oc2cc(N(CCO)CC3CCCCC3)ccc12. The highest BCUT2D eigenvalue weighted by Crippen LogP contribution is 2.42. The lowest BCUT2D eigenvalue weighted by atomic mass is 9.88. The van der Waals surface area contributed by atoms with E-state index in [0.717, 1.165) is 40.6 Å². The number of aliphatic hydroxyl groups is 2. The highest BCUT2D eigenvalue weighted by atomic mass is 16.4. The van der Waals surface area contributed by atoms with Crippen LogP contribution in [0.4, 0.5) is 5.69 Å². The molecule has 0 atom stereocenters. The zero-order valence-electron chi connectivity index (χ0n) is 26.3. The molecule has 0 amide bonds. The maximum Gasteiger partial charge on any atom is 0.336 e. The fourth-order valence-corrected chi connectivity index (χ4v) is 7.69. The molecule has 1 heterocycles. The van der Waals surface area contributed by atoms with Crippen molar-refractivity contribution in [2.45, 2.75) is 64.2 Å². The van der Waals surface area contributed by atoms with Gasteiger partial charge in [0, 0.05) is 53.3 Å². The molecule has 0 spiro atoms. The molecule has 2 saturated carbocycles. The fourth-order valence-electron chi connectivity index (χ4n) is 7.69. The van der Waals surface area contributed by atoms with Gasteiger partial charge >= 0.3 is 5.97 Å². The number of fused-ring (bicyclic) bond motifs is 2. The molecular formula is C38H47N2O5+. The number of benzene rings is 3. The molecule has 0 unspecified atom stereocenters. The summed E-state index contributed by atoms with van der Waals surface area (Å²) >= 11 is 0. The predicted molar refractivity (Wildman–Crippen MR) is 180 cm³/mol.